The van der Waals surface area contributed by atoms with Crippen molar-refractivity contribution in [1.29, 1.82) is 0 Å². The zero-order valence-corrected chi connectivity index (χ0v) is 23.7. The van der Waals surface area contributed by atoms with Crippen molar-refractivity contribution in [2.45, 2.75) is 32.2 Å². The monoisotopic (exact) mass is 590 g/mol. The van der Waals surface area contributed by atoms with E-state index in [1.54, 1.807) is 42.5 Å². The van der Waals surface area contributed by atoms with Crippen LogP contribution in [-0.2, 0) is 21.4 Å². The van der Waals surface area contributed by atoms with Gasteiger partial charge in [-0.05, 0) is 84.7 Å². The van der Waals surface area contributed by atoms with Crippen molar-refractivity contribution in [2.24, 2.45) is 0 Å². The number of rotatable bonds is 12. The summed E-state index contributed by atoms with van der Waals surface area (Å²) in [6.45, 7) is 6.45. The van der Waals surface area contributed by atoms with Gasteiger partial charge in [-0.2, -0.15) is 0 Å². The fourth-order valence-electron chi connectivity index (χ4n) is 3.55. The Labute approximate surface area is 226 Å². The molecule has 0 saturated heterocycles. The minimum absolute atomic E-state index is 0.0291. The van der Waals surface area contributed by atoms with Crippen LogP contribution >= 0.6 is 15.9 Å². The van der Waals surface area contributed by atoms with Crippen LogP contribution < -0.4 is 23.8 Å². The van der Waals surface area contributed by atoms with Gasteiger partial charge >= 0.3 is 0 Å². The summed E-state index contributed by atoms with van der Waals surface area (Å²) in [7, 11) is -2.57. The van der Waals surface area contributed by atoms with Gasteiger partial charge in [-0.15, -0.1) is 0 Å². The van der Waals surface area contributed by atoms with Crippen LogP contribution in [0.25, 0.3) is 0 Å². The van der Waals surface area contributed by atoms with Gasteiger partial charge < -0.3 is 19.5 Å². The number of aryl methyl sites for hydroxylation is 1. The highest BCUT2D eigenvalue weighted by Gasteiger charge is 2.28. The Morgan fingerprint density at radius 1 is 0.919 bits per heavy atom. The van der Waals surface area contributed by atoms with Crippen molar-refractivity contribution in [3.63, 3.8) is 0 Å². The highest BCUT2D eigenvalue weighted by molar-refractivity contribution is 9.10. The molecule has 0 aliphatic carbocycles. The third-order valence-corrected chi connectivity index (χ3v) is 7.81. The average molecular weight is 592 g/mol. The first-order valence-electron chi connectivity index (χ1n) is 11.8. The first kappa shape index (κ1) is 28.3. The minimum Gasteiger partial charge on any atom is -0.496 e. The number of halogens is 1. The molecule has 0 aliphatic rings. The molecule has 3 aromatic rings. The standard InChI is InChI=1S/C27H31BrN2O6S/c1-5-35-25-13-9-20(15-26(25)36-6-2)17-29-27(31)18-30(21-10-7-19(3)8-11-21)37(32,33)22-12-14-24(34-4)23(28)16-22/h7-16H,5-6,17-18H2,1-4H3,(H,29,31). The van der Waals surface area contributed by atoms with Gasteiger partial charge in [-0.1, -0.05) is 23.8 Å². The molecule has 0 spiro atoms. The molecular formula is C27H31BrN2O6S. The van der Waals surface area contributed by atoms with E-state index in [1.807, 2.05) is 26.8 Å². The molecule has 0 fully saturated rings. The highest BCUT2D eigenvalue weighted by Crippen LogP contribution is 2.31. The van der Waals surface area contributed by atoms with Crippen LogP contribution in [0.1, 0.15) is 25.0 Å². The Morgan fingerprint density at radius 3 is 2.19 bits per heavy atom. The lowest BCUT2D eigenvalue weighted by Crippen LogP contribution is -2.40. The number of hydrogen-bond acceptors (Lipinski definition) is 6. The number of benzene rings is 3. The maximum absolute atomic E-state index is 13.6. The summed E-state index contributed by atoms with van der Waals surface area (Å²) in [5, 5.41) is 2.81. The Balaban J connectivity index is 1.84. The smallest absolute Gasteiger partial charge is 0.264 e. The Bertz CT molecular complexity index is 1330. The van der Waals surface area contributed by atoms with Crippen LogP contribution in [0.5, 0.6) is 17.2 Å². The molecule has 0 unspecified atom stereocenters. The fourth-order valence-corrected chi connectivity index (χ4v) is 5.69. The lowest BCUT2D eigenvalue weighted by molar-refractivity contribution is -0.119. The summed E-state index contributed by atoms with van der Waals surface area (Å²) < 4.78 is 45.3. The van der Waals surface area contributed by atoms with Crippen LogP contribution in [0.4, 0.5) is 5.69 Å². The summed E-state index contributed by atoms with van der Waals surface area (Å²) in [6, 6.07) is 16.9. The molecule has 8 nitrogen and oxygen atoms in total. The normalized spacial score (nSPS) is 11.1. The Kier molecular flexibility index (Phi) is 9.82. The van der Waals surface area contributed by atoms with E-state index >= 15 is 0 Å². The third-order valence-electron chi connectivity index (χ3n) is 5.42. The molecule has 1 N–H and O–H groups in total. The lowest BCUT2D eigenvalue weighted by Gasteiger charge is -2.24. The number of amides is 1. The number of anilines is 1. The zero-order valence-electron chi connectivity index (χ0n) is 21.3. The first-order chi connectivity index (χ1) is 17.7. The van der Waals surface area contributed by atoms with E-state index in [0.29, 0.717) is 40.6 Å². The fraction of sp³-hybridized carbons (Fsp3) is 0.296. The summed E-state index contributed by atoms with van der Waals surface area (Å²) in [6.07, 6.45) is 0. The van der Waals surface area contributed by atoms with Gasteiger partial charge in [0, 0.05) is 6.54 Å². The molecule has 0 aromatic heterocycles. The molecule has 10 heteroatoms. The van der Waals surface area contributed by atoms with Crippen LogP contribution in [0.3, 0.4) is 0 Å². The predicted octanol–water partition coefficient (Wildman–Crippen LogP) is 5.08. The van der Waals surface area contributed by atoms with Crippen molar-refractivity contribution < 1.29 is 27.4 Å². The van der Waals surface area contributed by atoms with E-state index in [2.05, 4.69) is 21.2 Å². The van der Waals surface area contributed by atoms with E-state index < -0.39 is 22.5 Å². The maximum atomic E-state index is 13.6. The van der Waals surface area contributed by atoms with Gasteiger partial charge in [0.2, 0.25) is 5.91 Å². The van der Waals surface area contributed by atoms with E-state index in [-0.39, 0.29) is 11.4 Å². The molecule has 3 aromatic carbocycles. The molecule has 3 rings (SSSR count). The zero-order chi connectivity index (χ0) is 27.0. The second kappa shape index (κ2) is 12.8. The summed E-state index contributed by atoms with van der Waals surface area (Å²) in [5.74, 6) is 1.26. The number of nitrogens with one attached hydrogen (secondary N) is 1. The van der Waals surface area contributed by atoms with Crippen LogP contribution in [0, 0.1) is 6.92 Å². The van der Waals surface area contributed by atoms with Crippen LogP contribution in [0.15, 0.2) is 70.0 Å². The van der Waals surface area contributed by atoms with E-state index in [1.165, 1.54) is 19.2 Å². The molecule has 0 bridgehead atoms. The molecule has 37 heavy (non-hydrogen) atoms. The number of methoxy groups -OCH3 is 1. The second-order valence-electron chi connectivity index (χ2n) is 8.07. The van der Waals surface area contributed by atoms with Gasteiger partial charge in [0.15, 0.2) is 11.5 Å². The van der Waals surface area contributed by atoms with Crippen molar-refractivity contribution in [2.75, 3.05) is 31.2 Å². The molecule has 0 radical (unpaired) electrons. The lowest BCUT2D eigenvalue weighted by atomic mass is 10.2. The van der Waals surface area contributed by atoms with E-state index in [0.717, 1.165) is 15.4 Å². The van der Waals surface area contributed by atoms with Crippen molar-refractivity contribution in [1.82, 2.24) is 5.32 Å². The number of sulfonamides is 1. The van der Waals surface area contributed by atoms with Crippen molar-refractivity contribution >= 4 is 37.5 Å². The number of carbonyl (C=O) groups excluding carboxylic acids is 1. The summed E-state index contributed by atoms with van der Waals surface area (Å²) in [5.41, 5.74) is 2.15. The maximum Gasteiger partial charge on any atom is 0.264 e. The topological polar surface area (TPSA) is 94.2 Å². The van der Waals surface area contributed by atoms with Gasteiger partial charge in [0.25, 0.3) is 10.0 Å². The third kappa shape index (κ3) is 7.17. The Hall–Kier alpha value is -3.24. The highest BCUT2D eigenvalue weighted by atomic mass is 79.9. The van der Waals surface area contributed by atoms with Gasteiger partial charge in [-0.25, -0.2) is 8.42 Å². The van der Waals surface area contributed by atoms with Crippen LogP contribution in [-0.4, -0.2) is 41.2 Å². The second-order valence-corrected chi connectivity index (χ2v) is 10.8. The molecule has 0 saturated carbocycles. The minimum atomic E-state index is -4.07. The molecule has 0 aliphatic heterocycles. The number of nitrogens with zero attached hydrogens (tertiary/aromatic N) is 1. The number of hydrogen-bond donors (Lipinski definition) is 1. The van der Waals surface area contributed by atoms with Crippen molar-refractivity contribution in [3.05, 3.63) is 76.3 Å². The molecule has 198 valence electrons. The first-order valence-corrected chi connectivity index (χ1v) is 14.0. The van der Waals surface area contributed by atoms with Crippen LogP contribution in [0.2, 0.25) is 0 Å². The molecule has 1 amide bonds. The average Bonchev–Trinajstić information content (AvgIpc) is 2.88. The largest absolute Gasteiger partial charge is 0.496 e. The number of carbonyl (C=O) groups is 1. The summed E-state index contributed by atoms with van der Waals surface area (Å²) >= 11 is 3.34. The quantitative estimate of drug-likeness (QED) is 0.316. The predicted molar refractivity (Wildman–Crippen MR) is 147 cm³/mol. The SMILES string of the molecule is CCOc1ccc(CNC(=O)CN(c2ccc(C)cc2)S(=O)(=O)c2ccc(OC)c(Br)c2)cc1OCC. The molecule has 0 atom stereocenters. The summed E-state index contributed by atoms with van der Waals surface area (Å²) in [4.78, 5) is 13.0. The van der Waals surface area contributed by atoms with Gasteiger partial charge in [0.05, 0.1) is 35.4 Å². The molecule has 0 heterocycles. The van der Waals surface area contributed by atoms with Gasteiger partial charge in [0.1, 0.15) is 12.3 Å². The Morgan fingerprint density at radius 2 is 1.57 bits per heavy atom. The number of ether oxygens (including phenoxy) is 3. The van der Waals surface area contributed by atoms with E-state index in [4.69, 9.17) is 14.2 Å². The van der Waals surface area contributed by atoms with E-state index in [9.17, 15) is 13.2 Å². The molecular weight excluding hydrogens is 560 g/mol. The van der Waals surface area contributed by atoms with Crippen molar-refractivity contribution in [3.8, 4) is 17.2 Å². The van der Waals surface area contributed by atoms with Gasteiger partial charge in [-0.3, -0.25) is 9.10 Å².